The third-order valence-electron chi connectivity index (χ3n) is 2.02. The molecule has 0 aliphatic rings. The molecule has 0 fully saturated rings. The summed E-state index contributed by atoms with van der Waals surface area (Å²) < 4.78 is 5.41. The number of anilines is 1. The number of guanidine groups is 1. The maximum absolute atomic E-state index is 5.73. The van der Waals surface area contributed by atoms with Crippen molar-refractivity contribution in [1.82, 2.24) is 0 Å². The molecule has 3 N–H and O–H groups in total. The largest absolute Gasteiger partial charge is 0.379 e. The van der Waals surface area contributed by atoms with E-state index in [2.05, 4.69) is 24.2 Å². The normalized spacial score (nSPS) is 11.2. The van der Waals surface area contributed by atoms with Gasteiger partial charge >= 0.3 is 0 Å². The van der Waals surface area contributed by atoms with Crippen LogP contribution in [0.2, 0.25) is 0 Å². The number of benzene rings is 1. The quantitative estimate of drug-likeness (QED) is 0.354. The maximum Gasteiger partial charge on any atom is 0.193 e. The van der Waals surface area contributed by atoms with Crippen LogP contribution in [0.4, 0.5) is 5.69 Å². The standard InChI is InChI=1S/C13H21N3O.HI/c1-11(2)10-17-9-8-15-13(14)16-12-6-4-3-5-7-12;/h3-7,11H,8-10H2,1-2H3,(H3,14,15,16);1H. The molecule has 5 heteroatoms. The second-order valence-corrected chi connectivity index (χ2v) is 4.23. The molecule has 4 nitrogen and oxygen atoms in total. The molecule has 0 aliphatic carbocycles. The summed E-state index contributed by atoms with van der Waals surface area (Å²) in [5.74, 6) is 0.975. The minimum atomic E-state index is 0. The molecule has 0 unspecified atom stereocenters. The fourth-order valence-corrected chi connectivity index (χ4v) is 1.26. The van der Waals surface area contributed by atoms with Crippen LogP contribution in [0, 0.1) is 5.92 Å². The molecular weight excluding hydrogens is 341 g/mol. The van der Waals surface area contributed by atoms with Gasteiger partial charge in [0.1, 0.15) is 0 Å². The highest BCUT2D eigenvalue weighted by molar-refractivity contribution is 14.0. The molecule has 102 valence electrons. The lowest BCUT2D eigenvalue weighted by Crippen LogP contribution is -2.23. The number of aliphatic imine (C=N–C) groups is 1. The molecule has 18 heavy (non-hydrogen) atoms. The second-order valence-electron chi connectivity index (χ2n) is 4.23. The van der Waals surface area contributed by atoms with Gasteiger partial charge in [-0.1, -0.05) is 32.0 Å². The van der Waals surface area contributed by atoms with E-state index in [-0.39, 0.29) is 24.0 Å². The van der Waals surface area contributed by atoms with Crippen LogP contribution >= 0.6 is 24.0 Å². The van der Waals surface area contributed by atoms with E-state index in [0.717, 1.165) is 12.3 Å². The van der Waals surface area contributed by atoms with E-state index in [1.807, 2.05) is 30.3 Å². The van der Waals surface area contributed by atoms with Crippen molar-refractivity contribution in [2.24, 2.45) is 16.6 Å². The molecule has 0 aromatic heterocycles. The van der Waals surface area contributed by atoms with Crippen molar-refractivity contribution < 1.29 is 4.74 Å². The van der Waals surface area contributed by atoms with Gasteiger partial charge in [0.2, 0.25) is 0 Å². The van der Waals surface area contributed by atoms with E-state index in [0.29, 0.717) is 25.0 Å². The lowest BCUT2D eigenvalue weighted by molar-refractivity contribution is 0.117. The van der Waals surface area contributed by atoms with Gasteiger partial charge in [-0.05, 0) is 18.1 Å². The molecule has 0 atom stereocenters. The van der Waals surface area contributed by atoms with Crippen LogP contribution in [-0.4, -0.2) is 25.7 Å². The topological polar surface area (TPSA) is 59.6 Å². The summed E-state index contributed by atoms with van der Waals surface area (Å²) in [6.07, 6.45) is 0. The summed E-state index contributed by atoms with van der Waals surface area (Å²) in [6, 6.07) is 9.73. The van der Waals surface area contributed by atoms with Crippen LogP contribution < -0.4 is 11.1 Å². The molecule has 1 rings (SSSR count). The molecule has 1 aromatic carbocycles. The number of hydrogen-bond donors (Lipinski definition) is 2. The lowest BCUT2D eigenvalue weighted by atomic mass is 10.2. The predicted molar refractivity (Wildman–Crippen MR) is 87.6 cm³/mol. The average Bonchev–Trinajstić information content (AvgIpc) is 2.29. The molecule has 0 spiro atoms. The summed E-state index contributed by atoms with van der Waals surface area (Å²) >= 11 is 0. The number of hydrogen-bond acceptors (Lipinski definition) is 2. The Balaban J connectivity index is 0.00000289. The highest BCUT2D eigenvalue weighted by Gasteiger charge is 1.95. The van der Waals surface area contributed by atoms with Crippen LogP contribution in [0.1, 0.15) is 13.8 Å². The summed E-state index contributed by atoms with van der Waals surface area (Å²) in [4.78, 5) is 4.17. The van der Waals surface area contributed by atoms with Gasteiger partial charge in [0.25, 0.3) is 0 Å². The predicted octanol–water partition coefficient (Wildman–Crippen LogP) is 2.70. The monoisotopic (exact) mass is 363 g/mol. The van der Waals surface area contributed by atoms with Gasteiger partial charge in [-0.3, -0.25) is 4.99 Å². The van der Waals surface area contributed by atoms with E-state index in [1.165, 1.54) is 0 Å². The lowest BCUT2D eigenvalue weighted by Gasteiger charge is -2.06. The van der Waals surface area contributed by atoms with Gasteiger partial charge in [-0.25, -0.2) is 0 Å². The zero-order chi connectivity index (χ0) is 12.5. The van der Waals surface area contributed by atoms with E-state index < -0.39 is 0 Å². The number of rotatable bonds is 6. The Bertz CT molecular complexity index is 341. The Morgan fingerprint density at radius 2 is 2.00 bits per heavy atom. The average molecular weight is 363 g/mol. The molecule has 0 aliphatic heterocycles. The van der Waals surface area contributed by atoms with Crippen molar-refractivity contribution in [3.8, 4) is 0 Å². The van der Waals surface area contributed by atoms with Crippen LogP contribution in [0.15, 0.2) is 35.3 Å². The molecule has 0 bridgehead atoms. The molecule has 0 saturated carbocycles. The van der Waals surface area contributed by atoms with Gasteiger partial charge < -0.3 is 15.8 Å². The maximum atomic E-state index is 5.73. The van der Waals surface area contributed by atoms with Crippen molar-refractivity contribution in [1.29, 1.82) is 0 Å². The van der Waals surface area contributed by atoms with Gasteiger partial charge in [-0.15, -0.1) is 24.0 Å². The SMILES string of the molecule is CC(C)COCCN=C(N)Nc1ccccc1.I. The fraction of sp³-hybridized carbons (Fsp3) is 0.462. The molecule has 0 radical (unpaired) electrons. The Hall–Kier alpha value is -0.820. The molecule has 0 amide bonds. The van der Waals surface area contributed by atoms with Crippen molar-refractivity contribution in [3.63, 3.8) is 0 Å². The Kier molecular flexibility index (Phi) is 9.67. The summed E-state index contributed by atoms with van der Waals surface area (Å²) in [7, 11) is 0. The van der Waals surface area contributed by atoms with Crippen molar-refractivity contribution in [2.75, 3.05) is 25.1 Å². The first-order valence-electron chi connectivity index (χ1n) is 5.88. The van der Waals surface area contributed by atoms with Crippen LogP contribution in [0.3, 0.4) is 0 Å². The van der Waals surface area contributed by atoms with Gasteiger partial charge in [0, 0.05) is 12.3 Å². The molecule has 0 heterocycles. The molecular formula is C13H22IN3O. The number of ether oxygens (including phenoxy) is 1. The van der Waals surface area contributed by atoms with Crippen molar-refractivity contribution >= 4 is 35.6 Å². The zero-order valence-electron chi connectivity index (χ0n) is 10.9. The third kappa shape index (κ3) is 8.30. The first kappa shape index (κ1) is 17.2. The van der Waals surface area contributed by atoms with Crippen molar-refractivity contribution in [2.45, 2.75) is 13.8 Å². The smallest absolute Gasteiger partial charge is 0.193 e. The van der Waals surface area contributed by atoms with Crippen LogP contribution in [-0.2, 0) is 4.74 Å². The highest BCUT2D eigenvalue weighted by atomic mass is 127. The number of para-hydroxylation sites is 1. The summed E-state index contributed by atoms with van der Waals surface area (Å²) in [5, 5.41) is 3.01. The van der Waals surface area contributed by atoms with E-state index >= 15 is 0 Å². The zero-order valence-corrected chi connectivity index (χ0v) is 13.3. The Morgan fingerprint density at radius 1 is 1.33 bits per heavy atom. The van der Waals surface area contributed by atoms with Crippen molar-refractivity contribution in [3.05, 3.63) is 30.3 Å². The number of nitrogens with two attached hydrogens (primary N) is 1. The van der Waals surface area contributed by atoms with Crippen LogP contribution in [0.5, 0.6) is 0 Å². The molecule has 1 aromatic rings. The Morgan fingerprint density at radius 3 is 2.61 bits per heavy atom. The number of nitrogens with zero attached hydrogens (tertiary/aromatic N) is 1. The van der Waals surface area contributed by atoms with E-state index in [9.17, 15) is 0 Å². The van der Waals surface area contributed by atoms with Gasteiger partial charge in [0.05, 0.1) is 13.2 Å². The van der Waals surface area contributed by atoms with Gasteiger partial charge in [0.15, 0.2) is 5.96 Å². The minimum Gasteiger partial charge on any atom is -0.379 e. The second kappa shape index (κ2) is 10.1. The molecule has 0 saturated heterocycles. The summed E-state index contributed by atoms with van der Waals surface area (Å²) in [5.41, 5.74) is 6.67. The minimum absolute atomic E-state index is 0. The number of halogens is 1. The third-order valence-corrected chi connectivity index (χ3v) is 2.02. The van der Waals surface area contributed by atoms with E-state index in [4.69, 9.17) is 10.5 Å². The summed E-state index contributed by atoms with van der Waals surface area (Å²) in [6.45, 7) is 6.19. The first-order chi connectivity index (χ1) is 8.18. The first-order valence-corrected chi connectivity index (χ1v) is 5.88. The van der Waals surface area contributed by atoms with E-state index in [1.54, 1.807) is 0 Å². The van der Waals surface area contributed by atoms with Gasteiger partial charge in [-0.2, -0.15) is 0 Å². The highest BCUT2D eigenvalue weighted by Crippen LogP contribution is 2.03. The Labute approximate surface area is 126 Å². The van der Waals surface area contributed by atoms with Crippen LogP contribution in [0.25, 0.3) is 0 Å². The number of nitrogens with one attached hydrogen (secondary N) is 1. The fourth-order valence-electron chi connectivity index (χ4n) is 1.26.